The molecular formula is C21H21N7. The fraction of sp³-hybridized carbons (Fsp3) is 0.190. The lowest BCUT2D eigenvalue weighted by Gasteiger charge is -2.19. The molecule has 0 saturated heterocycles. The number of nitrogens with one attached hydrogen (secondary N) is 1. The predicted octanol–water partition coefficient (Wildman–Crippen LogP) is 3.58. The Morgan fingerprint density at radius 3 is 2.36 bits per heavy atom. The number of H-pyrrole nitrogens is 1. The zero-order chi connectivity index (χ0) is 19.5. The molecule has 0 aliphatic heterocycles. The lowest BCUT2D eigenvalue weighted by Crippen LogP contribution is -2.18. The molecule has 2 aromatic heterocycles. The van der Waals surface area contributed by atoms with Crippen molar-refractivity contribution >= 4 is 5.82 Å². The van der Waals surface area contributed by atoms with Crippen LogP contribution in [0.2, 0.25) is 0 Å². The second kappa shape index (κ2) is 7.56. The van der Waals surface area contributed by atoms with E-state index in [1.807, 2.05) is 45.2 Å². The van der Waals surface area contributed by atoms with Gasteiger partial charge in [-0.3, -0.25) is 0 Å². The number of tetrazole rings is 1. The van der Waals surface area contributed by atoms with Crippen molar-refractivity contribution < 1.29 is 0 Å². The van der Waals surface area contributed by atoms with Crippen molar-refractivity contribution in [2.75, 3.05) is 11.9 Å². The summed E-state index contributed by atoms with van der Waals surface area (Å²) in [5.41, 5.74) is 5.32. The van der Waals surface area contributed by atoms with Gasteiger partial charge in [-0.25, -0.2) is 9.97 Å². The van der Waals surface area contributed by atoms with Gasteiger partial charge < -0.3 is 4.90 Å². The Morgan fingerprint density at radius 1 is 0.929 bits per heavy atom. The molecule has 0 aliphatic carbocycles. The average Bonchev–Trinajstić information content (AvgIpc) is 3.22. The van der Waals surface area contributed by atoms with Gasteiger partial charge in [0, 0.05) is 30.9 Å². The first-order chi connectivity index (χ1) is 13.6. The van der Waals surface area contributed by atoms with E-state index in [4.69, 9.17) is 0 Å². The number of hydrogen-bond acceptors (Lipinski definition) is 6. The highest BCUT2D eigenvalue weighted by molar-refractivity contribution is 5.80. The molecule has 7 nitrogen and oxygen atoms in total. The number of rotatable bonds is 5. The number of aromatic amines is 1. The molecule has 140 valence electrons. The van der Waals surface area contributed by atoms with Crippen molar-refractivity contribution in [3.05, 3.63) is 71.7 Å². The van der Waals surface area contributed by atoms with Crippen molar-refractivity contribution in [2.45, 2.75) is 20.4 Å². The lowest BCUT2D eigenvalue weighted by molar-refractivity contribution is 0.872. The predicted molar refractivity (Wildman–Crippen MR) is 109 cm³/mol. The summed E-state index contributed by atoms with van der Waals surface area (Å²) >= 11 is 0. The van der Waals surface area contributed by atoms with Gasteiger partial charge in [0.1, 0.15) is 11.6 Å². The topological polar surface area (TPSA) is 83.5 Å². The molecule has 0 radical (unpaired) electrons. The molecule has 1 N–H and O–H groups in total. The molecule has 2 heterocycles. The summed E-state index contributed by atoms with van der Waals surface area (Å²) < 4.78 is 0. The SMILES string of the molecule is Cc1cc(N(C)Cc2ccc(-c3ccccc3-c3nn[nH]n3)cc2)nc(C)n1. The van der Waals surface area contributed by atoms with Gasteiger partial charge in [-0.1, -0.05) is 48.5 Å². The largest absolute Gasteiger partial charge is 0.355 e. The van der Waals surface area contributed by atoms with Gasteiger partial charge in [0.05, 0.1) is 0 Å². The third-order valence-electron chi connectivity index (χ3n) is 4.54. The minimum absolute atomic E-state index is 0.592. The molecule has 0 amide bonds. The normalized spacial score (nSPS) is 10.8. The van der Waals surface area contributed by atoms with E-state index in [9.17, 15) is 0 Å². The maximum atomic E-state index is 4.53. The van der Waals surface area contributed by atoms with E-state index in [1.54, 1.807) is 0 Å². The standard InChI is InChI=1S/C21H21N7/c1-14-12-20(23-15(2)22-14)28(3)13-16-8-10-17(11-9-16)18-6-4-5-7-19(18)21-24-26-27-25-21/h4-12H,13H2,1-3H3,(H,24,25,26,27). The molecule has 0 saturated carbocycles. The first-order valence-electron chi connectivity index (χ1n) is 9.06. The van der Waals surface area contributed by atoms with Crippen LogP contribution in [0.1, 0.15) is 17.1 Å². The van der Waals surface area contributed by atoms with E-state index in [-0.39, 0.29) is 0 Å². The molecule has 2 aromatic carbocycles. The number of benzene rings is 2. The van der Waals surface area contributed by atoms with Crippen molar-refractivity contribution in [3.63, 3.8) is 0 Å². The highest BCUT2D eigenvalue weighted by Gasteiger charge is 2.11. The third-order valence-corrected chi connectivity index (χ3v) is 4.54. The summed E-state index contributed by atoms with van der Waals surface area (Å²) in [5, 5.41) is 14.4. The summed E-state index contributed by atoms with van der Waals surface area (Å²) in [7, 11) is 2.04. The van der Waals surface area contributed by atoms with Crippen LogP contribution in [0.3, 0.4) is 0 Å². The van der Waals surface area contributed by atoms with Crippen molar-refractivity contribution in [3.8, 4) is 22.5 Å². The molecule has 0 spiro atoms. The molecule has 7 heteroatoms. The van der Waals surface area contributed by atoms with Crippen LogP contribution in [0.4, 0.5) is 5.82 Å². The highest BCUT2D eigenvalue weighted by Crippen LogP contribution is 2.30. The molecule has 0 aliphatic rings. The molecule has 4 rings (SSSR count). The monoisotopic (exact) mass is 371 g/mol. The average molecular weight is 371 g/mol. The Kier molecular flexibility index (Phi) is 4.80. The van der Waals surface area contributed by atoms with Crippen molar-refractivity contribution in [1.82, 2.24) is 30.6 Å². The Balaban J connectivity index is 1.57. The van der Waals surface area contributed by atoms with Crippen LogP contribution in [0.25, 0.3) is 22.5 Å². The van der Waals surface area contributed by atoms with Crippen LogP contribution >= 0.6 is 0 Å². The molecule has 0 bridgehead atoms. The molecule has 0 atom stereocenters. The van der Waals surface area contributed by atoms with Gasteiger partial charge in [-0.05, 0) is 35.8 Å². The highest BCUT2D eigenvalue weighted by atomic mass is 15.5. The molecular weight excluding hydrogens is 350 g/mol. The molecule has 4 aromatic rings. The summed E-state index contributed by atoms with van der Waals surface area (Å²) in [5.74, 6) is 2.31. The first kappa shape index (κ1) is 17.8. The summed E-state index contributed by atoms with van der Waals surface area (Å²) in [6.07, 6.45) is 0. The van der Waals surface area contributed by atoms with E-state index in [0.29, 0.717) is 5.82 Å². The number of hydrogen-bond donors (Lipinski definition) is 1. The quantitative estimate of drug-likeness (QED) is 0.577. The molecule has 0 unspecified atom stereocenters. The van der Waals surface area contributed by atoms with Crippen LogP contribution in [-0.2, 0) is 6.54 Å². The van der Waals surface area contributed by atoms with E-state index in [1.165, 1.54) is 5.56 Å². The van der Waals surface area contributed by atoms with E-state index in [2.05, 4.69) is 65.8 Å². The number of anilines is 1. The van der Waals surface area contributed by atoms with Gasteiger partial charge in [0.25, 0.3) is 0 Å². The van der Waals surface area contributed by atoms with Gasteiger partial charge >= 0.3 is 0 Å². The number of aromatic nitrogens is 6. The summed E-state index contributed by atoms with van der Waals surface area (Å²) in [6.45, 7) is 4.67. The van der Waals surface area contributed by atoms with Crippen LogP contribution in [0, 0.1) is 13.8 Å². The third kappa shape index (κ3) is 3.73. The van der Waals surface area contributed by atoms with Gasteiger partial charge in [0.2, 0.25) is 5.82 Å². The minimum Gasteiger partial charge on any atom is -0.355 e. The molecule has 0 fully saturated rings. The molecule has 28 heavy (non-hydrogen) atoms. The minimum atomic E-state index is 0.592. The zero-order valence-electron chi connectivity index (χ0n) is 16.1. The van der Waals surface area contributed by atoms with Gasteiger partial charge in [-0.15, -0.1) is 10.2 Å². The lowest BCUT2D eigenvalue weighted by atomic mass is 9.98. The van der Waals surface area contributed by atoms with Crippen molar-refractivity contribution in [1.29, 1.82) is 0 Å². The Bertz CT molecular complexity index is 1050. The number of aryl methyl sites for hydroxylation is 2. The van der Waals surface area contributed by atoms with Crippen molar-refractivity contribution in [2.24, 2.45) is 0 Å². The Labute approximate surface area is 163 Å². The van der Waals surface area contributed by atoms with Gasteiger partial charge in [-0.2, -0.15) is 5.21 Å². The second-order valence-corrected chi connectivity index (χ2v) is 6.75. The smallest absolute Gasteiger partial charge is 0.205 e. The number of nitrogens with zero attached hydrogens (tertiary/aromatic N) is 6. The fourth-order valence-corrected chi connectivity index (χ4v) is 3.24. The van der Waals surface area contributed by atoms with Crippen LogP contribution in [-0.4, -0.2) is 37.6 Å². The second-order valence-electron chi connectivity index (χ2n) is 6.75. The summed E-state index contributed by atoms with van der Waals surface area (Å²) in [6, 6.07) is 18.6. The Hall–Kier alpha value is -3.61. The van der Waals surface area contributed by atoms with E-state index >= 15 is 0 Å². The van der Waals surface area contributed by atoms with E-state index < -0.39 is 0 Å². The zero-order valence-corrected chi connectivity index (χ0v) is 16.1. The van der Waals surface area contributed by atoms with Gasteiger partial charge in [0.15, 0.2) is 0 Å². The summed E-state index contributed by atoms with van der Waals surface area (Å²) in [4.78, 5) is 11.0. The first-order valence-corrected chi connectivity index (χ1v) is 9.06. The van der Waals surface area contributed by atoms with Crippen LogP contribution in [0.5, 0.6) is 0 Å². The Morgan fingerprint density at radius 2 is 1.68 bits per heavy atom. The maximum absolute atomic E-state index is 4.53. The fourth-order valence-electron chi connectivity index (χ4n) is 3.24. The maximum Gasteiger partial charge on any atom is 0.205 e. The van der Waals surface area contributed by atoms with Crippen LogP contribution < -0.4 is 4.90 Å². The van der Waals surface area contributed by atoms with Crippen LogP contribution in [0.15, 0.2) is 54.6 Å². The van der Waals surface area contributed by atoms with E-state index in [0.717, 1.165) is 40.6 Å².